The highest BCUT2D eigenvalue weighted by Crippen LogP contribution is 2.22. The van der Waals surface area contributed by atoms with E-state index in [9.17, 15) is 23.1 Å². The van der Waals surface area contributed by atoms with Gasteiger partial charge in [0.25, 0.3) is 5.91 Å². The first-order chi connectivity index (χ1) is 12.8. The Morgan fingerprint density at radius 2 is 1.78 bits per heavy atom. The Morgan fingerprint density at radius 1 is 1.07 bits per heavy atom. The van der Waals surface area contributed by atoms with Crippen molar-refractivity contribution in [1.29, 1.82) is 0 Å². The molecule has 142 valence electrons. The first-order valence-corrected chi connectivity index (χ1v) is 10.0. The second-order valence-electron chi connectivity index (χ2n) is 6.48. The minimum atomic E-state index is -3.69. The molecule has 3 N–H and O–H groups in total. The Hall–Kier alpha value is -2.71. The molecular weight excluding hydrogens is 368 g/mol. The number of hydrogen-bond acceptors (Lipinski definition) is 4. The highest BCUT2D eigenvalue weighted by molar-refractivity contribution is 7.89. The first-order valence-electron chi connectivity index (χ1n) is 8.55. The van der Waals surface area contributed by atoms with Crippen molar-refractivity contribution in [2.45, 2.75) is 36.2 Å². The van der Waals surface area contributed by atoms with Gasteiger partial charge in [-0.3, -0.25) is 4.79 Å². The average Bonchev–Trinajstić information content (AvgIpc) is 3.45. The van der Waals surface area contributed by atoms with E-state index in [1.54, 1.807) is 24.3 Å². The van der Waals surface area contributed by atoms with Crippen LogP contribution in [0.2, 0.25) is 0 Å². The number of benzene rings is 2. The molecule has 1 aliphatic rings. The minimum Gasteiger partial charge on any atom is -0.480 e. The van der Waals surface area contributed by atoms with Crippen LogP contribution in [0.25, 0.3) is 0 Å². The first kappa shape index (κ1) is 19.1. The lowest BCUT2D eigenvalue weighted by Crippen LogP contribution is -2.42. The molecule has 1 atom stereocenters. The summed E-state index contributed by atoms with van der Waals surface area (Å²) in [6.45, 7) is 0. The van der Waals surface area contributed by atoms with Crippen LogP contribution in [0.1, 0.15) is 28.8 Å². The van der Waals surface area contributed by atoms with Gasteiger partial charge in [0.2, 0.25) is 10.0 Å². The Kier molecular flexibility index (Phi) is 5.57. The highest BCUT2D eigenvalue weighted by Gasteiger charge is 2.28. The molecule has 3 rings (SSSR count). The van der Waals surface area contributed by atoms with E-state index in [-0.39, 0.29) is 22.9 Å². The van der Waals surface area contributed by atoms with Gasteiger partial charge in [-0.05, 0) is 36.6 Å². The van der Waals surface area contributed by atoms with Crippen molar-refractivity contribution in [3.8, 4) is 0 Å². The number of hydrogen-bond donors (Lipinski definition) is 3. The fourth-order valence-corrected chi connectivity index (χ4v) is 3.94. The normalized spacial score (nSPS) is 15.1. The van der Waals surface area contributed by atoms with Crippen molar-refractivity contribution in [2.75, 3.05) is 0 Å². The van der Waals surface area contributed by atoms with Gasteiger partial charge >= 0.3 is 5.97 Å². The van der Waals surface area contributed by atoms with Gasteiger partial charge in [0.15, 0.2) is 0 Å². The van der Waals surface area contributed by atoms with Crippen LogP contribution < -0.4 is 10.0 Å². The Balaban J connectivity index is 1.74. The number of carboxylic acids is 1. The molecule has 0 unspecified atom stereocenters. The molecule has 7 nitrogen and oxygen atoms in total. The molecule has 8 heteroatoms. The number of carbonyl (C=O) groups is 2. The number of carbonyl (C=O) groups excluding carboxylic acids is 1. The molecule has 2 aromatic carbocycles. The van der Waals surface area contributed by atoms with Crippen LogP contribution in [0.15, 0.2) is 59.5 Å². The number of amides is 1. The van der Waals surface area contributed by atoms with Crippen molar-refractivity contribution in [1.82, 2.24) is 10.0 Å². The fourth-order valence-electron chi connectivity index (χ4n) is 2.58. The largest absolute Gasteiger partial charge is 0.480 e. The van der Waals surface area contributed by atoms with Crippen LogP contribution in [0.4, 0.5) is 0 Å². The standard InChI is InChI=1S/C19H20N2O5S/c22-18(20-17(19(23)24)11-13-5-2-1-3-6-13)14-7-4-8-16(12-14)27(25,26)21-15-9-10-15/h1-8,12,15,17,21H,9-11H2,(H,20,22)(H,23,24)/t17-/m0/s1. The summed E-state index contributed by atoms with van der Waals surface area (Å²) < 4.78 is 27.1. The van der Waals surface area contributed by atoms with Gasteiger partial charge in [0.1, 0.15) is 6.04 Å². The van der Waals surface area contributed by atoms with E-state index >= 15 is 0 Å². The molecule has 1 fully saturated rings. The van der Waals surface area contributed by atoms with Crippen LogP contribution >= 0.6 is 0 Å². The van der Waals surface area contributed by atoms with E-state index in [2.05, 4.69) is 10.0 Å². The third kappa shape index (κ3) is 5.15. The quantitative estimate of drug-likeness (QED) is 0.635. The number of carboxylic acid groups (broad SMARTS) is 1. The maximum absolute atomic E-state index is 12.5. The summed E-state index contributed by atoms with van der Waals surface area (Å²) in [6.07, 6.45) is 1.74. The number of sulfonamides is 1. The number of aliphatic carboxylic acids is 1. The van der Waals surface area contributed by atoms with Gasteiger partial charge in [0.05, 0.1) is 4.90 Å². The number of rotatable bonds is 8. The topological polar surface area (TPSA) is 113 Å². The predicted molar refractivity (Wildman–Crippen MR) is 98.8 cm³/mol. The zero-order valence-corrected chi connectivity index (χ0v) is 15.3. The second kappa shape index (κ2) is 7.89. The van der Waals surface area contributed by atoms with E-state index in [0.717, 1.165) is 18.4 Å². The van der Waals surface area contributed by atoms with Crippen LogP contribution in [0.5, 0.6) is 0 Å². The summed E-state index contributed by atoms with van der Waals surface area (Å²) >= 11 is 0. The van der Waals surface area contributed by atoms with E-state index in [1.807, 2.05) is 6.07 Å². The molecule has 27 heavy (non-hydrogen) atoms. The molecule has 0 radical (unpaired) electrons. The average molecular weight is 388 g/mol. The summed E-state index contributed by atoms with van der Waals surface area (Å²) in [5, 5.41) is 11.9. The monoisotopic (exact) mass is 388 g/mol. The zero-order chi connectivity index (χ0) is 19.4. The van der Waals surface area contributed by atoms with Crippen LogP contribution in [-0.4, -0.2) is 37.5 Å². The van der Waals surface area contributed by atoms with Crippen molar-refractivity contribution in [3.05, 3.63) is 65.7 Å². The van der Waals surface area contributed by atoms with Crippen molar-refractivity contribution >= 4 is 21.9 Å². The van der Waals surface area contributed by atoms with E-state index in [0.29, 0.717) is 0 Å². The lowest BCUT2D eigenvalue weighted by Gasteiger charge is -2.15. The van der Waals surface area contributed by atoms with E-state index in [4.69, 9.17) is 0 Å². The third-order valence-corrected chi connectivity index (χ3v) is 5.71. The van der Waals surface area contributed by atoms with Crippen LogP contribution in [0, 0.1) is 0 Å². The summed E-state index contributed by atoms with van der Waals surface area (Å²) in [5.41, 5.74) is 0.864. The molecule has 2 aromatic rings. The molecule has 1 saturated carbocycles. The SMILES string of the molecule is O=C(N[C@@H](Cc1ccccc1)C(=O)O)c1cccc(S(=O)(=O)NC2CC2)c1. The van der Waals surface area contributed by atoms with Gasteiger partial charge in [-0.25, -0.2) is 17.9 Å². The fraction of sp³-hybridized carbons (Fsp3) is 0.263. The second-order valence-corrected chi connectivity index (χ2v) is 8.19. The highest BCUT2D eigenvalue weighted by atomic mass is 32.2. The molecule has 0 heterocycles. The van der Waals surface area contributed by atoms with Crippen molar-refractivity contribution in [3.63, 3.8) is 0 Å². The van der Waals surface area contributed by atoms with Crippen LogP contribution in [0.3, 0.4) is 0 Å². The molecular formula is C19H20N2O5S. The van der Waals surface area contributed by atoms with Crippen molar-refractivity contribution < 1.29 is 23.1 Å². The van der Waals surface area contributed by atoms with Gasteiger partial charge in [-0.2, -0.15) is 0 Å². The maximum Gasteiger partial charge on any atom is 0.326 e. The molecule has 1 amide bonds. The summed E-state index contributed by atoms with van der Waals surface area (Å²) in [6, 6.07) is 13.4. The lowest BCUT2D eigenvalue weighted by molar-refractivity contribution is -0.139. The van der Waals surface area contributed by atoms with E-state index in [1.165, 1.54) is 24.3 Å². The number of nitrogens with one attached hydrogen (secondary N) is 2. The van der Waals surface area contributed by atoms with E-state index < -0.39 is 27.9 Å². The molecule has 1 aliphatic carbocycles. The Labute approximate surface area is 157 Å². The summed E-state index contributed by atoms with van der Waals surface area (Å²) in [7, 11) is -3.69. The van der Waals surface area contributed by atoms with Crippen molar-refractivity contribution in [2.24, 2.45) is 0 Å². The van der Waals surface area contributed by atoms with Crippen LogP contribution in [-0.2, 0) is 21.2 Å². The summed E-state index contributed by atoms with van der Waals surface area (Å²) in [5.74, 6) is -1.80. The molecule has 0 bridgehead atoms. The molecule has 0 spiro atoms. The van der Waals surface area contributed by atoms with Gasteiger partial charge in [0, 0.05) is 18.0 Å². The van der Waals surface area contributed by atoms with Gasteiger partial charge < -0.3 is 10.4 Å². The smallest absolute Gasteiger partial charge is 0.326 e. The van der Waals surface area contributed by atoms with Gasteiger partial charge in [-0.1, -0.05) is 36.4 Å². The lowest BCUT2D eigenvalue weighted by atomic mass is 10.1. The van der Waals surface area contributed by atoms with Gasteiger partial charge in [-0.15, -0.1) is 0 Å². The Morgan fingerprint density at radius 3 is 2.41 bits per heavy atom. The summed E-state index contributed by atoms with van der Waals surface area (Å²) in [4.78, 5) is 24.0. The zero-order valence-electron chi connectivity index (χ0n) is 14.5. The minimum absolute atomic E-state index is 0.0167. The molecule has 0 aliphatic heterocycles. The molecule has 0 aromatic heterocycles. The third-order valence-electron chi connectivity index (χ3n) is 4.19. The Bertz CT molecular complexity index is 940. The predicted octanol–water partition coefficient (Wildman–Crippen LogP) is 1.55. The molecule has 0 saturated heterocycles. The maximum atomic E-state index is 12.5.